The maximum absolute atomic E-state index is 10.2. The Hall–Kier alpha value is -0.160. The normalized spacial score (nSPS) is 33.8. The molecule has 0 aromatic rings. The number of likely N-dealkylation sites (tertiary alicyclic amines) is 1. The van der Waals surface area contributed by atoms with Crippen LogP contribution in [0.3, 0.4) is 0 Å². The summed E-state index contributed by atoms with van der Waals surface area (Å²) in [6.07, 6.45) is 6.48. The summed E-state index contributed by atoms with van der Waals surface area (Å²) in [4.78, 5) is 2.40. The molecule has 0 bridgehead atoms. The molecule has 1 aliphatic carbocycles. The number of aliphatic hydroxyl groups excluding tert-OH is 2. The molecule has 0 aromatic heterocycles. The molecule has 4 unspecified atom stereocenters. The van der Waals surface area contributed by atoms with Gasteiger partial charge in [-0.3, -0.25) is 4.90 Å². The van der Waals surface area contributed by atoms with Crippen molar-refractivity contribution in [2.45, 2.75) is 76.7 Å². The van der Waals surface area contributed by atoms with E-state index in [2.05, 4.69) is 4.90 Å². The van der Waals surface area contributed by atoms with Crippen LogP contribution < -0.4 is 0 Å². The lowest BCUT2D eigenvalue weighted by Crippen LogP contribution is -2.49. The minimum atomic E-state index is -0.420. The average Bonchev–Trinajstić information content (AvgIpc) is 2.83. The molecule has 0 spiro atoms. The number of piperidine rings is 1. The van der Waals surface area contributed by atoms with Crippen molar-refractivity contribution in [3.05, 3.63) is 0 Å². The maximum Gasteiger partial charge on any atom is 0.0900 e. The molecule has 2 rings (SSSR count). The highest BCUT2D eigenvalue weighted by molar-refractivity contribution is 4.90. The highest BCUT2D eigenvalue weighted by atomic mass is 16.5. The average molecular weight is 285 g/mol. The van der Waals surface area contributed by atoms with E-state index in [-0.39, 0.29) is 12.2 Å². The quantitative estimate of drug-likeness (QED) is 0.781. The van der Waals surface area contributed by atoms with Gasteiger partial charge in [0.25, 0.3) is 0 Å². The summed E-state index contributed by atoms with van der Waals surface area (Å²) >= 11 is 0. The number of ether oxygens (including phenoxy) is 1. The van der Waals surface area contributed by atoms with Crippen LogP contribution in [0, 0.1) is 5.92 Å². The first-order chi connectivity index (χ1) is 9.58. The highest BCUT2D eigenvalue weighted by Crippen LogP contribution is 2.35. The van der Waals surface area contributed by atoms with Crippen molar-refractivity contribution in [2.24, 2.45) is 5.92 Å². The third-order valence-electron chi connectivity index (χ3n) is 4.76. The monoisotopic (exact) mass is 285 g/mol. The minimum absolute atomic E-state index is 0.135. The van der Waals surface area contributed by atoms with Gasteiger partial charge in [0, 0.05) is 18.5 Å². The number of rotatable bonds is 6. The van der Waals surface area contributed by atoms with Gasteiger partial charge in [-0.15, -0.1) is 0 Å². The van der Waals surface area contributed by atoms with E-state index >= 15 is 0 Å². The molecule has 0 radical (unpaired) electrons. The number of β-amino-alcohol motifs (C(OH)–C–C–N with tert-alkyl or cyclic N) is 1. The lowest BCUT2D eigenvalue weighted by atomic mass is 9.87. The van der Waals surface area contributed by atoms with Gasteiger partial charge in [0.1, 0.15) is 0 Å². The SMILES string of the molecule is CC(C)OCC(O)CN1CCCCC1C1CCCC1O. The van der Waals surface area contributed by atoms with Crippen LogP contribution in [0.25, 0.3) is 0 Å². The first-order valence-electron chi connectivity index (χ1n) is 8.29. The van der Waals surface area contributed by atoms with Gasteiger partial charge in [-0.25, -0.2) is 0 Å². The molecule has 0 aromatic carbocycles. The fourth-order valence-electron chi connectivity index (χ4n) is 3.77. The summed E-state index contributed by atoms with van der Waals surface area (Å²) in [6.45, 7) is 6.12. The Morgan fingerprint density at radius 2 is 1.95 bits per heavy atom. The Labute approximate surface area is 123 Å². The predicted molar refractivity (Wildman–Crippen MR) is 79.7 cm³/mol. The van der Waals surface area contributed by atoms with Gasteiger partial charge < -0.3 is 14.9 Å². The van der Waals surface area contributed by atoms with Gasteiger partial charge in [-0.1, -0.05) is 12.8 Å². The lowest BCUT2D eigenvalue weighted by molar-refractivity contribution is -0.0325. The molecule has 1 saturated heterocycles. The topological polar surface area (TPSA) is 52.9 Å². The second-order valence-corrected chi connectivity index (χ2v) is 6.76. The van der Waals surface area contributed by atoms with Crippen molar-refractivity contribution < 1.29 is 14.9 Å². The summed E-state index contributed by atoms with van der Waals surface area (Å²) in [6, 6.07) is 0.454. The van der Waals surface area contributed by atoms with E-state index in [9.17, 15) is 10.2 Å². The van der Waals surface area contributed by atoms with E-state index < -0.39 is 6.10 Å². The van der Waals surface area contributed by atoms with Gasteiger partial charge in [-0.05, 0) is 46.1 Å². The zero-order valence-corrected chi connectivity index (χ0v) is 13.0. The van der Waals surface area contributed by atoms with E-state index in [0.717, 1.165) is 25.8 Å². The second kappa shape index (κ2) is 7.74. The van der Waals surface area contributed by atoms with Crippen LogP contribution in [0.5, 0.6) is 0 Å². The largest absolute Gasteiger partial charge is 0.393 e. The summed E-state index contributed by atoms with van der Waals surface area (Å²) in [7, 11) is 0. The van der Waals surface area contributed by atoms with Gasteiger partial charge >= 0.3 is 0 Å². The zero-order valence-electron chi connectivity index (χ0n) is 13.0. The minimum Gasteiger partial charge on any atom is -0.393 e. The standard InChI is InChI=1S/C16H31NO3/c1-12(2)20-11-13(18)10-17-9-4-3-7-15(17)14-6-5-8-16(14)19/h12-16,18-19H,3-11H2,1-2H3. The van der Waals surface area contributed by atoms with Crippen molar-refractivity contribution in [3.63, 3.8) is 0 Å². The number of aliphatic hydroxyl groups is 2. The van der Waals surface area contributed by atoms with Crippen LogP contribution in [-0.4, -0.2) is 59.2 Å². The van der Waals surface area contributed by atoms with Crippen molar-refractivity contribution >= 4 is 0 Å². The van der Waals surface area contributed by atoms with E-state index in [1.165, 1.54) is 19.3 Å². The molecule has 1 aliphatic heterocycles. The molecule has 2 N–H and O–H groups in total. The van der Waals surface area contributed by atoms with Crippen molar-refractivity contribution in [2.75, 3.05) is 19.7 Å². The Kier molecular flexibility index (Phi) is 6.27. The Balaban J connectivity index is 1.86. The number of nitrogens with zero attached hydrogens (tertiary/aromatic N) is 1. The Morgan fingerprint density at radius 1 is 1.15 bits per heavy atom. The third kappa shape index (κ3) is 4.42. The molecule has 118 valence electrons. The van der Waals surface area contributed by atoms with Crippen LogP contribution in [-0.2, 0) is 4.74 Å². The summed E-state index contributed by atoms with van der Waals surface area (Å²) in [5.41, 5.74) is 0. The van der Waals surface area contributed by atoms with Crippen molar-refractivity contribution in [3.8, 4) is 0 Å². The maximum atomic E-state index is 10.2. The first kappa shape index (κ1) is 16.2. The smallest absolute Gasteiger partial charge is 0.0900 e. The Bertz CT molecular complexity index is 285. The predicted octanol–water partition coefficient (Wildman–Crippen LogP) is 1.79. The van der Waals surface area contributed by atoms with Crippen LogP contribution in [0.1, 0.15) is 52.4 Å². The van der Waals surface area contributed by atoms with Crippen LogP contribution >= 0.6 is 0 Å². The fourth-order valence-corrected chi connectivity index (χ4v) is 3.77. The van der Waals surface area contributed by atoms with E-state index in [0.29, 0.717) is 25.1 Å². The molecule has 1 heterocycles. The van der Waals surface area contributed by atoms with E-state index in [1.54, 1.807) is 0 Å². The second-order valence-electron chi connectivity index (χ2n) is 6.76. The van der Waals surface area contributed by atoms with Crippen LogP contribution in [0.2, 0.25) is 0 Å². The molecule has 4 heteroatoms. The molecular weight excluding hydrogens is 254 g/mol. The molecule has 4 nitrogen and oxygen atoms in total. The fraction of sp³-hybridized carbons (Fsp3) is 1.00. The highest BCUT2D eigenvalue weighted by Gasteiger charge is 2.37. The summed E-state index contributed by atoms with van der Waals surface area (Å²) in [5.74, 6) is 0.411. The molecular formula is C16H31NO3. The summed E-state index contributed by atoms with van der Waals surface area (Å²) in [5, 5.41) is 20.3. The van der Waals surface area contributed by atoms with Gasteiger partial charge in [0.15, 0.2) is 0 Å². The first-order valence-corrected chi connectivity index (χ1v) is 8.29. The van der Waals surface area contributed by atoms with E-state index in [1.807, 2.05) is 13.8 Å². The van der Waals surface area contributed by atoms with Crippen LogP contribution in [0.15, 0.2) is 0 Å². The van der Waals surface area contributed by atoms with Gasteiger partial charge in [-0.2, -0.15) is 0 Å². The number of hydrogen-bond acceptors (Lipinski definition) is 4. The summed E-state index contributed by atoms with van der Waals surface area (Å²) < 4.78 is 5.50. The zero-order chi connectivity index (χ0) is 14.5. The van der Waals surface area contributed by atoms with E-state index in [4.69, 9.17) is 4.74 Å². The number of hydrogen-bond donors (Lipinski definition) is 2. The van der Waals surface area contributed by atoms with Crippen LogP contribution in [0.4, 0.5) is 0 Å². The molecule has 4 atom stereocenters. The van der Waals surface area contributed by atoms with Crippen molar-refractivity contribution in [1.29, 1.82) is 0 Å². The van der Waals surface area contributed by atoms with Gasteiger partial charge in [0.2, 0.25) is 0 Å². The molecule has 1 saturated carbocycles. The molecule has 20 heavy (non-hydrogen) atoms. The van der Waals surface area contributed by atoms with Gasteiger partial charge in [0.05, 0.1) is 24.9 Å². The third-order valence-corrected chi connectivity index (χ3v) is 4.76. The molecule has 2 aliphatic rings. The molecule has 2 fully saturated rings. The van der Waals surface area contributed by atoms with Crippen molar-refractivity contribution in [1.82, 2.24) is 4.90 Å². The molecule has 0 amide bonds. The lowest BCUT2D eigenvalue weighted by Gasteiger charge is -2.41. The Morgan fingerprint density at radius 3 is 2.60 bits per heavy atom.